The molecule has 0 saturated carbocycles. The van der Waals surface area contributed by atoms with E-state index in [1.54, 1.807) is 11.8 Å². The molecule has 1 unspecified atom stereocenters. The molecule has 1 fully saturated rings. The van der Waals surface area contributed by atoms with E-state index in [0.717, 1.165) is 24.3 Å². The lowest BCUT2D eigenvalue weighted by molar-refractivity contribution is -0.128. The summed E-state index contributed by atoms with van der Waals surface area (Å²) in [5.41, 5.74) is 5.67. The van der Waals surface area contributed by atoms with Crippen LogP contribution in [0.25, 0.3) is 0 Å². The number of hydrogen-bond donors (Lipinski definition) is 1. The van der Waals surface area contributed by atoms with Gasteiger partial charge in [0.05, 0.1) is 5.75 Å². The van der Waals surface area contributed by atoms with E-state index in [9.17, 15) is 4.79 Å². The van der Waals surface area contributed by atoms with Crippen LogP contribution in [0.4, 0.5) is 0 Å². The number of carbonyl (C=O) groups excluding carboxylic acids is 1. The maximum absolute atomic E-state index is 12.0. The van der Waals surface area contributed by atoms with Gasteiger partial charge in [0.15, 0.2) is 0 Å². The minimum Gasteiger partial charge on any atom is -0.338 e. The van der Waals surface area contributed by atoms with Crippen molar-refractivity contribution in [1.29, 1.82) is 0 Å². The quantitative estimate of drug-likeness (QED) is 0.828. The van der Waals surface area contributed by atoms with Crippen molar-refractivity contribution in [3.63, 3.8) is 0 Å². The Morgan fingerprint density at radius 1 is 1.41 bits per heavy atom. The zero-order chi connectivity index (χ0) is 12.1. The van der Waals surface area contributed by atoms with Crippen LogP contribution in [0.3, 0.4) is 0 Å². The number of thioether (sulfide) groups is 1. The number of rotatable bonds is 4. The van der Waals surface area contributed by atoms with Crippen LogP contribution in [-0.2, 0) is 4.79 Å². The first-order valence-electron chi connectivity index (χ1n) is 5.98. The largest absolute Gasteiger partial charge is 0.338 e. The molecule has 1 saturated heterocycles. The molecule has 4 heteroatoms. The normalized spacial score (nSPS) is 19.6. The van der Waals surface area contributed by atoms with Crippen molar-refractivity contribution in [3.05, 3.63) is 30.3 Å². The summed E-state index contributed by atoms with van der Waals surface area (Å²) in [6, 6.07) is 10.3. The Morgan fingerprint density at radius 2 is 2.18 bits per heavy atom. The van der Waals surface area contributed by atoms with Gasteiger partial charge in [0.2, 0.25) is 5.91 Å². The Balaban J connectivity index is 1.85. The molecule has 92 valence electrons. The number of likely N-dealkylation sites (tertiary alicyclic amines) is 1. The highest BCUT2D eigenvalue weighted by Gasteiger charge is 2.27. The predicted octanol–water partition coefficient (Wildman–Crippen LogP) is 1.73. The topological polar surface area (TPSA) is 46.3 Å². The molecule has 0 aliphatic carbocycles. The van der Waals surface area contributed by atoms with Crippen LogP contribution in [0.5, 0.6) is 0 Å². The summed E-state index contributed by atoms with van der Waals surface area (Å²) in [4.78, 5) is 15.1. The van der Waals surface area contributed by atoms with Gasteiger partial charge in [0, 0.05) is 24.0 Å². The first-order chi connectivity index (χ1) is 8.31. The molecule has 2 rings (SSSR count). The van der Waals surface area contributed by atoms with Crippen molar-refractivity contribution in [2.24, 2.45) is 5.73 Å². The Morgan fingerprint density at radius 3 is 2.88 bits per heavy atom. The monoisotopic (exact) mass is 250 g/mol. The molecule has 0 aromatic heterocycles. The van der Waals surface area contributed by atoms with Gasteiger partial charge in [-0.3, -0.25) is 4.79 Å². The van der Waals surface area contributed by atoms with Crippen molar-refractivity contribution in [3.8, 4) is 0 Å². The molecule has 1 aliphatic rings. The van der Waals surface area contributed by atoms with Gasteiger partial charge in [-0.25, -0.2) is 0 Å². The lowest BCUT2D eigenvalue weighted by Crippen LogP contribution is -2.40. The lowest BCUT2D eigenvalue weighted by atomic mass is 10.2. The molecular weight excluding hydrogens is 232 g/mol. The molecule has 3 nitrogen and oxygen atoms in total. The van der Waals surface area contributed by atoms with Gasteiger partial charge in [0.25, 0.3) is 0 Å². The molecular formula is C13H18N2OS. The summed E-state index contributed by atoms with van der Waals surface area (Å²) in [5, 5.41) is 0. The molecule has 1 aromatic carbocycles. The highest BCUT2D eigenvalue weighted by atomic mass is 32.2. The molecule has 1 aromatic rings. The molecule has 0 radical (unpaired) electrons. The first-order valence-corrected chi connectivity index (χ1v) is 6.97. The van der Waals surface area contributed by atoms with E-state index < -0.39 is 0 Å². The second-order valence-electron chi connectivity index (χ2n) is 4.22. The van der Waals surface area contributed by atoms with Gasteiger partial charge in [0.1, 0.15) is 0 Å². The van der Waals surface area contributed by atoms with Gasteiger partial charge in [-0.1, -0.05) is 18.2 Å². The van der Waals surface area contributed by atoms with E-state index in [2.05, 4.69) is 0 Å². The molecule has 0 bridgehead atoms. The third-order valence-corrected chi connectivity index (χ3v) is 4.07. The molecule has 1 heterocycles. The second kappa shape index (κ2) is 6.07. The number of amides is 1. The molecule has 1 aliphatic heterocycles. The lowest BCUT2D eigenvalue weighted by Gasteiger charge is -2.23. The van der Waals surface area contributed by atoms with Crippen LogP contribution in [0, 0.1) is 0 Å². The highest BCUT2D eigenvalue weighted by Crippen LogP contribution is 2.21. The van der Waals surface area contributed by atoms with Crippen molar-refractivity contribution in [2.75, 3.05) is 18.8 Å². The maximum atomic E-state index is 12.0. The van der Waals surface area contributed by atoms with Crippen LogP contribution in [0.15, 0.2) is 35.2 Å². The zero-order valence-corrected chi connectivity index (χ0v) is 10.7. The fourth-order valence-corrected chi connectivity index (χ4v) is 2.96. The van der Waals surface area contributed by atoms with Gasteiger partial charge in [-0.2, -0.15) is 0 Å². The van der Waals surface area contributed by atoms with Gasteiger partial charge < -0.3 is 10.6 Å². The minimum atomic E-state index is 0.215. The highest BCUT2D eigenvalue weighted by molar-refractivity contribution is 8.00. The van der Waals surface area contributed by atoms with Crippen molar-refractivity contribution in [2.45, 2.75) is 23.8 Å². The molecule has 17 heavy (non-hydrogen) atoms. The average molecular weight is 250 g/mol. The van der Waals surface area contributed by atoms with Crippen molar-refractivity contribution in [1.82, 2.24) is 4.90 Å². The summed E-state index contributed by atoms with van der Waals surface area (Å²) in [6.45, 7) is 1.46. The summed E-state index contributed by atoms with van der Waals surface area (Å²) in [7, 11) is 0. The van der Waals surface area contributed by atoms with Crippen LogP contribution >= 0.6 is 11.8 Å². The Labute approximate surface area is 106 Å². The van der Waals surface area contributed by atoms with E-state index in [4.69, 9.17) is 5.73 Å². The number of hydrogen-bond acceptors (Lipinski definition) is 3. The summed E-state index contributed by atoms with van der Waals surface area (Å²) in [6.07, 6.45) is 2.14. The summed E-state index contributed by atoms with van der Waals surface area (Å²) >= 11 is 1.60. The number of nitrogens with zero attached hydrogens (tertiary/aromatic N) is 1. The van der Waals surface area contributed by atoms with Crippen LogP contribution in [0.1, 0.15) is 12.8 Å². The van der Waals surface area contributed by atoms with Crippen LogP contribution < -0.4 is 5.73 Å². The van der Waals surface area contributed by atoms with Gasteiger partial charge >= 0.3 is 0 Å². The van der Waals surface area contributed by atoms with Crippen LogP contribution in [0.2, 0.25) is 0 Å². The summed E-state index contributed by atoms with van der Waals surface area (Å²) < 4.78 is 0. The van der Waals surface area contributed by atoms with E-state index in [0.29, 0.717) is 12.3 Å². The number of carbonyl (C=O) groups is 1. The van der Waals surface area contributed by atoms with Gasteiger partial charge in [-0.15, -0.1) is 11.8 Å². The second-order valence-corrected chi connectivity index (χ2v) is 5.27. The standard InChI is InChI=1S/C13H18N2OS/c14-9-11-5-4-8-15(11)13(16)10-17-12-6-2-1-3-7-12/h1-3,6-7,11H,4-5,8-10,14H2. The van der Waals surface area contributed by atoms with E-state index >= 15 is 0 Å². The number of nitrogens with two attached hydrogens (primary N) is 1. The zero-order valence-electron chi connectivity index (χ0n) is 9.84. The Hall–Kier alpha value is -1.00. The SMILES string of the molecule is NCC1CCCN1C(=O)CSc1ccccc1. The van der Waals surface area contributed by atoms with Crippen LogP contribution in [-0.4, -0.2) is 35.7 Å². The van der Waals surface area contributed by atoms with E-state index in [-0.39, 0.29) is 11.9 Å². The van der Waals surface area contributed by atoms with E-state index in [1.807, 2.05) is 35.2 Å². The molecule has 1 amide bonds. The van der Waals surface area contributed by atoms with Crippen molar-refractivity contribution < 1.29 is 4.79 Å². The fourth-order valence-electron chi connectivity index (χ4n) is 2.15. The number of benzene rings is 1. The minimum absolute atomic E-state index is 0.215. The third kappa shape index (κ3) is 3.23. The van der Waals surface area contributed by atoms with Crippen molar-refractivity contribution >= 4 is 17.7 Å². The first kappa shape index (κ1) is 12.5. The molecule has 0 spiro atoms. The smallest absolute Gasteiger partial charge is 0.233 e. The Kier molecular flexibility index (Phi) is 4.45. The molecule has 1 atom stereocenters. The summed E-state index contributed by atoms with van der Waals surface area (Å²) in [5.74, 6) is 0.729. The molecule has 2 N–H and O–H groups in total. The van der Waals surface area contributed by atoms with Gasteiger partial charge in [-0.05, 0) is 25.0 Å². The average Bonchev–Trinajstić information content (AvgIpc) is 2.85. The predicted molar refractivity (Wildman–Crippen MR) is 71.0 cm³/mol. The van der Waals surface area contributed by atoms with E-state index in [1.165, 1.54) is 0 Å². The Bertz CT molecular complexity index is 369. The fraction of sp³-hybridized carbons (Fsp3) is 0.462. The third-order valence-electron chi connectivity index (χ3n) is 3.08. The maximum Gasteiger partial charge on any atom is 0.233 e.